The summed E-state index contributed by atoms with van der Waals surface area (Å²) in [5, 5.41) is 3.00. The summed E-state index contributed by atoms with van der Waals surface area (Å²) in [4.78, 5) is 29.1. The highest BCUT2D eigenvalue weighted by atomic mass is 32.2. The second-order valence-corrected chi connectivity index (χ2v) is 12.0. The first-order valence-corrected chi connectivity index (χ1v) is 15.4. The number of hydrogen-bond donors (Lipinski definition) is 1. The van der Waals surface area contributed by atoms with Crippen molar-refractivity contribution in [1.29, 1.82) is 0 Å². The number of hydrogen-bond acceptors (Lipinski definition) is 4. The minimum atomic E-state index is -4.07. The van der Waals surface area contributed by atoms with E-state index in [-0.39, 0.29) is 23.4 Å². The number of amides is 2. The van der Waals surface area contributed by atoms with Crippen molar-refractivity contribution in [2.75, 3.05) is 10.8 Å². The van der Waals surface area contributed by atoms with Crippen molar-refractivity contribution in [3.8, 4) is 0 Å². The molecular formula is C32H41N3O4S. The zero-order valence-corrected chi connectivity index (χ0v) is 24.9. The van der Waals surface area contributed by atoms with Crippen molar-refractivity contribution in [3.05, 3.63) is 95.6 Å². The van der Waals surface area contributed by atoms with Gasteiger partial charge in [0.2, 0.25) is 11.8 Å². The van der Waals surface area contributed by atoms with Gasteiger partial charge in [0.15, 0.2) is 0 Å². The quantitative estimate of drug-likeness (QED) is 0.299. The predicted octanol–water partition coefficient (Wildman–Crippen LogP) is 5.47. The van der Waals surface area contributed by atoms with E-state index in [0.717, 1.165) is 33.8 Å². The summed E-state index contributed by atoms with van der Waals surface area (Å²) in [5.41, 5.74) is 3.35. The third-order valence-electron chi connectivity index (χ3n) is 7.06. The van der Waals surface area contributed by atoms with E-state index in [2.05, 4.69) is 5.32 Å². The highest BCUT2D eigenvalue weighted by molar-refractivity contribution is 7.92. The Morgan fingerprint density at radius 2 is 1.52 bits per heavy atom. The number of rotatable bonds is 13. The molecule has 8 heteroatoms. The number of aryl methyl sites for hydroxylation is 2. The summed E-state index contributed by atoms with van der Waals surface area (Å²) in [6.45, 7) is 9.50. The van der Waals surface area contributed by atoms with E-state index in [1.165, 1.54) is 17.0 Å². The van der Waals surface area contributed by atoms with Gasteiger partial charge in [0.05, 0.1) is 10.6 Å². The summed E-state index contributed by atoms with van der Waals surface area (Å²) in [6, 6.07) is 22.2. The number of sulfonamides is 1. The Labute approximate surface area is 239 Å². The van der Waals surface area contributed by atoms with Crippen LogP contribution in [0.3, 0.4) is 0 Å². The Morgan fingerprint density at radius 3 is 2.10 bits per heavy atom. The van der Waals surface area contributed by atoms with Crippen LogP contribution in [0.2, 0.25) is 0 Å². The molecule has 0 heterocycles. The lowest BCUT2D eigenvalue weighted by Crippen LogP contribution is -2.53. The molecule has 2 atom stereocenters. The molecule has 0 aliphatic carbocycles. The van der Waals surface area contributed by atoms with Gasteiger partial charge in [-0.05, 0) is 68.5 Å². The second kappa shape index (κ2) is 14.1. The molecule has 3 aromatic rings. The standard InChI is InChI=1S/C32H41N3O4S/c1-6-25(5)33-32(37)30(8-3)34(22-27-14-12-13-24(4)21-27)31(36)23-35(28-19-17-26(7-2)18-20-28)40(38,39)29-15-10-9-11-16-29/h9-21,25,30H,6-8,22-23H2,1-5H3,(H,33,37). The fraction of sp³-hybridized carbons (Fsp3) is 0.375. The van der Waals surface area contributed by atoms with Crippen LogP contribution in [0, 0.1) is 6.92 Å². The van der Waals surface area contributed by atoms with E-state index in [4.69, 9.17) is 0 Å². The summed E-state index contributed by atoms with van der Waals surface area (Å²) < 4.78 is 28.9. The smallest absolute Gasteiger partial charge is 0.264 e. The lowest BCUT2D eigenvalue weighted by molar-refractivity contribution is -0.140. The van der Waals surface area contributed by atoms with E-state index >= 15 is 0 Å². The molecule has 3 aromatic carbocycles. The van der Waals surface area contributed by atoms with Crippen molar-refractivity contribution in [2.24, 2.45) is 0 Å². The number of nitrogens with zero attached hydrogens (tertiary/aromatic N) is 2. The molecule has 7 nitrogen and oxygen atoms in total. The third kappa shape index (κ3) is 7.72. The molecule has 0 bridgehead atoms. The van der Waals surface area contributed by atoms with E-state index in [1.54, 1.807) is 30.3 Å². The van der Waals surface area contributed by atoms with Crippen LogP contribution in [0.5, 0.6) is 0 Å². The second-order valence-electron chi connectivity index (χ2n) is 10.1. The molecule has 40 heavy (non-hydrogen) atoms. The zero-order valence-electron chi connectivity index (χ0n) is 24.1. The van der Waals surface area contributed by atoms with Gasteiger partial charge < -0.3 is 10.2 Å². The summed E-state index contributed by atoms with van der Waals surface area (Å²) in [6.07, 6.45) is 1.94. The zero-order chi connectivity index (χ0) is 29.3. The largest absolute Gasteiger partial charge is 0.352 e. The molecule has 3 rings (SSSR count). The van der Waals surface area contributed by atoms with Gasteiger partial charge in [-0.1, -0.05) is 80.9 Å². The molecular weight excluding hydrogens is 522 g/mol. The first-order chi connectivity index (χ1) is 19.1. The molecule has 2 unspecified atom stereocenters. The average molecular weight is 564 g/mol. The summed E-state index contributed by atoms with van der Waals surface area (Å²) >= 11 is 0. The molecule has 214 valence electrons. The number of benzene rings is 3. The van der Waals surface area contributed by atoms with Gasteiger partial charge in [-0.2, -0.15) is 0 Å². The normalized spacial score (nSPS) is 12.8. The van der Waals surface area contributed by atoms with Crippen LogP contribution in [0.25, 0.3) is 0 Å². The Hall–Kier alpha value is -3.65. The predicted molar refractivity (Wildman–Crippen MR) is 160 cm³/mol. The highest BCUT2D eigenvalue weighted by Gasteiger charge is 2.34. The Balaban J connectivity index is 2.05. The van der Waals surface area contributed by atoms with E-state index in [9.17, 15) is 18.0 Å². The van der Waals surface area contributed by atoms with Crippen molar-refractivity contribution in [1.82, 2.24) is 10.2 Å². The molecule has 0 saturated heterocycles. The van der Waals surface area contributed by atoms with Crippen LogP contribution < -0.4 is 9.62 Å². The van der Waals surface area contributed by atoms with Gasteiger partial charge in [0.1, 0.15) is 12.6 Å². The van der Waals surface area contributed by atoms with Crippen LogP contribution in [-0.2, 0) is 32.6 Å². The molecule has 0 fully saturated rings. The van der Waals surface area contributed by atoms with Crippen molar-refractivity contribution in [2.45, 2.75) is 77.4 Å². The molecule has 0 saturated carbocycles. The fourth-order valence-corrected chi connectivity index (χ4v) is 5.95. The van der Waals surface area contributed by atoms with Crippen LogP contribution in [0.15, 0.2) is 83.8 Å². The molecule has 2 amide bonds. The Bertz CT molecular complexity index is 1370. The van der Waals surface area contributed by atoms with E-state index < -0.39 is 28.5 Å². The van der Waals surface area contributed by atoms with Gasteiger partial charge in [-0.15, -0.1) is 0 Å². The maximum Gasteiger partial charge on any atom is 0.264 e. The highest BCUT2D eigenvalue weighted by Crippen LogP contribution is 2.25. The summed E-state index contributed by atoms with van der Waals surface area (Å²) in [5.74, 6) is -0.700. The molecule has 0 aromatic heterocycles. The molecule has 0 aliphatic heterocycles. The molecule has 1 N–H and O–H groups in total. The third-order valence-corrected chi connectivity index (χ3v) is 8.85. The van der Waals surface area contributed by atoms with Crippen LogP contribution in [-0.4, -0.2) is 43.8 Å². The van der Waals surface area contributed by atoms with Gasteiger partial charge in [0, 0.05) is 12.6 Å². The minimum absolute atomic E-state index is 0.0514. The lowest BCUT2D eigenvalue weighted by Gasteiger charge is -2.33. The maximum atomic E-state index is 14.1. The molecule has 0 spiro atoms. The fourth-order valence-electron chi connectivity index (χ4n) is 4.51. The first-order valence-electron chi connectivity index (χ1n) is 13.9. The first kappa shape index (κ1) is 30.9. The summed E-state index contributed by atoms with van der Waals surface area (Å²) in [7, 11) is -4.07. The minimum Gasteiger partial charge on any atom is -0.352 e. The van der Waals surface area contributed by atoms with Gasteiger partial charge in [0.25, 0.3) is 10.0 Å². The monoisotopic (exact) mass is 563 g/mol. The van der Waals surface area contributed by atoms with Crippen molar-refractivity contribution in [3.63, 3.8) is 0 Å². The number of nitrogens with one attached hydrogen (secondary N) is 1. The van der Waals surface area contributed by atoms with Crippen LogP contribution >= 0.6 is 0 Å². The van der Waals surface area contributed by atoms with E-state index in [1.807, 2.05) is 71.0 Å². The van der Waals surface area contributed by atoms with Crippen LogP contribution in [0.4, 0.5) is 5.69 Å². The topological polar surface area (TPSA) is 86.8 Å². The number of anilines is 1. The van der Waals surface area contributed by atoms with E-state index in [0.29, 0.717) is 12.1 Å². The van der Waals surface area contributed by atoms with Crippen LogP contribution in [0.1, 0.15) is 57.2 Å². The molecule has 0 aliphatic rings. The van der Waals surface area contributed by atoms with Gasteiger partial charge >= 0.3 is 0 Å². The van der Waals surface area contributed by atoms with Crippen molar-refractivity contribution >= 4 is 27.5 Å². The average Bonchev–Trinajstić information content (AvgIpc) is 2.96. The molecule has 0 radical (unpaired) electrons. The number of carbonyl (C=O) groups is 2. The Morgan fingerprint density at radius 1 is 0.850 bits per heavy atom. The van der Waals surface area contributed by atoms with Gasteiger partial charge in [-0.3, -0.25) is 13.9 Å². The van der Waals surface area contributed by atoms with Crippen molar-refractivity contribution < 1.29 is 18.0 Å². The lowest BCUT2D eigenvalue weighted by atomic mass is 10.1. The SMILES string of the molecule is CCc1ccc(N(CC(=O)N(Cc2cccc(C)c2)C(CC)C(=O)NC(C)CC)S(=O)(=O)c2ccccc2)cc1. The maximum absolute atomic E-state index is 14.1. The Kier molecular flexibility index (Phi) is 10.9. The number of carbonyl (C=O) groups excluding carboxylic acids is 2. The van der Waals surface area contributed by atoms with Gasteiger partial charge in [-0.25, -0.2) is 8.42 Å².